The molecule has 0 spiro atoms. The SMILES string of the molecule is Cc1ccc(N=C2S/C(=C/c3cc(Br)ccc3OCc3ccc(C(=O)O)cc3)C(=O)N2c2ccc(C)c(Cl)c2)cc1Cl. The number of aliphatic imine (C=N–C) groups is 1. The molecule has 0 atom stereocenters. The number of thioether (sulfide) groups is 1. The number of benzene rings is 4. The number of aryl methyl sites for hydroxylation is 2. The molecule has 0 saturated carbocycles. The minimum Gasteiger partial charge on any atom is -0.488 e. The highest BCUT2D eigenvalue weighted by Crippen LogP contribution is 2.40. The zero-order valence-corrected chi connectivity index (χ0v) is 26.3. The number of hydrogen-bond acceptors (Lipinski definition) is 5. The zero-order chi connectivity index (χ0) is 30.0. The fraction of sp³-hybridized carbons (Fsp3) is 0.0938. The number of nitrogens with zero attached hydrogens (tertiary/aromatic N) is 2. The van der Waals surface area contributed by atoms with Crippen LogP contribution < -0.4 is 9.64 Å². The third-order valence-electron chi connectivity index (χ3n) is 6.45. The number of carboxylic acids is 1. The van der Waals surface area contributed by atoms with Crippen LogP contribution in [0.4, 0.5) is 11.4 Å². The minimum atomic E-state index is -0.988. The van der Waals surface area contributed by atoms with Crippen LogP contribution in [0.3, 0.4) is 0 Å². The average molecular weight is 682 g/mol. The van der Waals surface area contributed by atoms with Crippen LogP contribution in [-0.4, -0.2) is 22.2 Å². The molecule has 1 amide bonds. The summed E-state index contributed by atoms with van der Waals surface area (Å²) in [6.45, 7) is 4.03. The van der Waals surface area contributed by atoms with Gasteiger partial charge in [0.15, 0.2) is 5.17 Å². The second-order valence-electron chi connectivity index (χ2n) is 9.49. The number of carboxylic acid groups (broad SMARTS) is 1. The number of carbonyl (C=O) groups excluding carboxylic acids is 1. The number of rotatable bonds is 7. The summed E-state index contributed by atoms with van der Waals surface area (Å²) in [5.41, 5.74) is 4.73. The van der Waals surface area contributed by atoms with E-state index in [4.69, 9.17) is 38.0 Å². The molecule has 1 fully saturated rings. The van der Waals surface area contributed by atoms with Gasteiger partial charge in [0.2, 0.25) is 0 Å². The van der Waals surface area contributed by atoms with Crippen molar-refractivity contribution in [1.82, 2.24) is 0 Å². The Hall–Kier alpha value is -3.56. The van der Waals surface area contributed by atoms with Crippen LogP contribution in [0.25, 0.3) is 6.08 Å². The summed E-state index contributed by atoms with van der Waals surface area (Å²) in [4.78, 5) is 31.8. The molecule has 42 heavy (non-hydrogen) atoms. The van der Waals surface area contributed by atoms with E-state index in [-0.39, 0.29) is 18.1 Å². The van der Waals surface area contributed by atoms with E-state index in [1.165, 1.54) is 28.8 Å². The number of halogens is 3. The van der Waals surface area contributed by atoms with Gasteiger partial charge >= 0.3 is 5.97 Å². The minimum absolute atomic E-state index is 0.203. The van der Waals surface area contributed by atoms with Gasteiger partial charge < -0.3 is 9.84 Å². The number of anilines is 1. The summed E-state index contributed by atoms with van der Waals surface area (Å²) in [6.07, 6.45) is 1.77. The summed E-state index contributed by atoms with van der Waals surface area (Å²) >= 11 is 17.5. The fourth-order valence-corrected chi connectivity index (χ4v) is 5.79. The predicted molar refractivity (Wildman–Crippen MR) is 174 cm³/mol. The van der Waals surface area contributed by atoms with Gasteiger partial charge in [-0.05, 0) is 103 Å². The van der Waals surface area contributed by atoms with Crippen molar-refractivity contribution in [2.75, 3.05) is 4.90 Å². The van der Waals surface area contributed by atoms with Gasteiger partial charge in [-0.25, -0.2) is 9.79 Å². The first-order valence-electron chi connectivity index (χ1n) is 12.7. The lowest BCUT2D eigenvalue weighted by Crippen LogP contribution is -2.28. The molecule has 0 aliphatic carbocycles. The van der Waals surface area contributed by atoms with E-state index in [0.29, 0.717) is 42.8 Å². The molecule has 1 N–H and O–H groups in total. The van der Waals surface area contributed by atoms with Gasteiger partial charge in [-0.1, -0.05) is 63.4 Å². The Labute approximate surface area is 265 Å². The average Bonchev–Trinajstić information content (AvgIpc) is 3.26. The molecule has 0 aromatic heterocycles. The number of amidine groups is 1. The van der Waals surface area contributed by atoms with Crippen LogP contribution in [0, 0.1) is 13.8 Å². The molecule has 0 radical (unpaired) electrons. The highest BCUT2D eigenvalue weighted by molar-refractivity contribution is 9.10. The number of hydrogen-bond donors (Lipinski definition) is 1. The lowest BCUT2D eigenvalue weighted by atomic mass is 10.1. The van der Waals surface area contributed by atoms with E-state index in [1.54, 1.807) is 30.3 Å². The molecule has 1 aliphatic rings. The van der Waals surface area contributed by atoms with Crippen molar-refractivity contribution in [1.29, 1.82) is 0 Å². The van der Waals surface area contributed by atoms with Crippen LogP contribution in [0.1, 0.15) is 32.6 Å². The molecule has 6 nitrogen and oxygen atoms in total. The molecule has 4 aromatic carbocycles. The monoisotopic (exact) mass is 680 g/mol. The van der Waals surface area contributed by atoms with Crippen LogP contribution in [0.5, 0.6) is 5.75 Å². The summed E-state index contributed by atoms with van der Waals surface area (Å²) in [5, 5.41) is 10.7. The van der Waals surface area contributed by atoms with E-state index in [9.17, 15) is 9.59 Å². The first-order chi connectivity index (χ1) is 20.1. The van der Waals surface area contributed by atoms with Gasteiger partial charge in [-0.2, -0.15) is 0 Å². The van der Waals surface area contributed by atoms with Gasteiger partial charge in [-0.3, -0.25) is 9.69 Å². The maximum atomic E-state index is 13.9. The van der Waals surface area contributed by atoms with E-state index < -0.39 is 5.97 Å². The molecular weight excluding hydrogens is 659 g/mol. The van der Waals surface area contributed by atoms with E-state index in [1.807, 2.05) is 56.3 Å². The van der Waals surface area contributed by atoms with E-state index in [0.717, 1.165) is 21.2 Å². The Kier molecular flexibility index (Phi) is 9.08. The van der Waals surface area contributed by atoms with Gasteiger partial charge in [0, 0.05) is 20.1 Å². The van der Waals surface area contributed by atoms with Crippen LogP contribution in [0.2, 0.25) is 10.0 Å². The standard InChI is InChI=1S/C32H23BrCl2N2O4S/c1-18-3-10-24(15-26(18)34)36-32-37(25-11-4-19(2)27(35)16-25)30(38)29(42-32)14-22-13-23(33)9-12-28(22)41-17-20-5-7-21(8-6-20)31(39)40/h3-16H,17H2,1-2H3,(H,39,40)/b29-14+,36-32?. The smallest absolute Gasteiger partial charge is 0.335 e. The lowest BCUT2D eigenvalue weighted by molar-refractivity contribution is -0.113. The molecule has 10 heteroatoms. The summed E-state index contributed by atoms with van der Waals surface area (Å²) in [7, 11) is 0. The van der Waals surface area contributed by atoms with E-state index >= 15 is 0 Å². The number of amides is 1. The van der Waals surface area contributed by atoms with Crippen molar-refractivity contribution in [3.63, 3.8) is 0 Å². The molecule has 0 bridgehead atoms. The third kappa shape index (κ3) is 6.73. The lowest BCUT2D eigenvalue weighted by Gasteiger charge is -2.16. The van der Waals surface area contributed by atoms with Crippen LogP contribution in [-0.2, 0) is 11.4 Å². The summed E-state index contributed by atoms with van der Waals surface area (Å²) in [6, 6.07) is 23.0. The molecule has 4 aromatic rings. The van der Waals surface area contributed by atoms with Crippen molar-refractivity contribution in [2.24, 2.45) is 4.99 Å². The summed E-state index contributed by atoms with van der Waals surface area (Å²) in [5.74, 6) is -0.688. The summed E-state index contributed by atoms with van der Waals surface area (Å²) < 4.78 is 6.92. The van der Waals surface area contributed by atoms with E-state index in [2.05, 4.69) is 15.9 Å². The fourth-order valence-electron chi connectivity index (χ4n) is 4.07. The molecule has 1 saturated heterocycles. The molecule has 5 rings (SSSR count). The van der Waals surface area contributed by atoms with Crippen molar-refractivity contribution < 1.29 is 19.4 Å². The normalized spacial score (nSPS) is 15.1. The number of carbonyl (C=O) groups is 2. The Morgan fingerprint density at radius 1 is 0.976 bits per heavy atom. The van der Waals surface area contributed by atoms with Gasteiger partial charge in [0.25, 0.3) is 5.91 Å². The Morgan fingerprint density at radius 2 is 1.67 bits per heavy atom. The third-order valence-corrected chi connectivity index (χ3v) is 8.73. The van der Waals surface area contributed by atoms with Crippen LogP contribution >= 0.6 is 50.9 Å². The first kappa shape index (κ1) is 29.9. The Bertz CT molecular complexity index is 1770. The van der Waals surface area contributed by atoms with Gasteiger partial charge in [0.1, 0.15) is 12.4 Å². The van der Waals surface area contributed by atoms with Crippen LogP contribution in [0.15, 0.2) is 93.2 Å². The molecule has 0 unspecified atom stereocenters. The highest BCUT2D eigenvalue weighted by Gasteiger charge is 2.35. The zero-order valence-electron chi connectivity index (χ0n) is 22.4. The topological polar surface area (TPSA) is 79.2 Å². The number of aromatic carboxylic acids is 1. The highest BCUT2D eigenvalue weighted by atomic mass is 79.9. The predicted octanol–water partition coefficient (Wildman–Crippen LogP) is 9.46. The van der Waals surface area contributed by atoms with Gasteiger partial charge in [-0.15, -0.1) is 0 Å². The Morgan fingerprint density at radius 3 is 2.33 bits per heavy atom. The number of ether oxygens (including phenoxy) is 1. The maximum absolute atomic E-state index is 13.9. The molecule has 1 aliphatic heterocycles. The molecule has 1 heterocycles. The van der Waals surface area contributed by atoms with Crippen molar-refractivity contribution in [2.45, 2.75) is 20.5 Å². The Balaban J connectivity index is 1.50. The maximum Gasteiger partial charge on any atom is 0.335 e. The second kappa shape index (κ2) is 12.8. The van der Waals surface area contributed by atoms with Gasteiger partial charge in [0.05, 0.1) is 21.8 Å². The molecule has 212 valence electrons. The van der Waals surface area contributed by atoms with Crippen molar-refractivity contribution in [3.8, 4) is 5.75 Å². The quantitative estimate of drug-likeness (QED) is 0.197. The van der Waals surface area contributed by atoms with Crippen molar-refractivity contribution in [3.05, 3.63) is 126 Å². The largest absolute Gasteiger partial charge is 0.488 e. The second-order valence-corrected chi connectivity index (χ2v) is 12.2. The molecular formula is C32H23BrCl2N2O4S. The van der Waals surface area contributed by atoms with Crippen molar-refractivity contribution >= 4 is 85.4 Å². The first-order valence-corrected chi connectivity index (χ1v) is 15.0.